The van der Waals surface area contributed by atoms with Gasteiger partial charge in [-0.1, -0.05) is 211 Å². The molecule has 0 nitrogen and oxygen atoms in total. The Morgan fingerprint density at radius 3 is 1.04 bits per heavy atom. The monoisotopic (exact) mass is 652 g/mol. The van der Waals surface area contributed by atoms with Gasteiger partial charge in [-0.05, 0) is 46.7 Å². The summed E-state index contributed by atoms with van der Waals surface area (Å²) in [6, 6.07) is 70.4. The summed E-state index contributed by atoms with van der Waals surface area (Å²) in [6.07, 6.45) is -0.202. The van der Waals surface area contributed by atoms with Crippen LogP contribution in [0.5, 0.6) is 0 Å². The fourth-order valence-corrected chi connectivity index (χ4v) is 8.28. The normalized spacial score (nSPS) is 11.4. The first kappa shape index (κ1) is 33.9. The van der Waals surface area contributed by atoms with E-state index in [2.05, 4.69) is 224 Å². The van der Waals surface area contributed by atoms with E-state index in [4.69, 9.17) is 0 Å². The summed E-state index contributed by atoms with van der Waals surface area (Å²) in [6.45, 7) is 6.52. The highest BCUT2D eigenvalue weighted by Gasteiger charge is 2.35. The number of hydrogen-bond donors (Lipinski definition) is 0. The van der Waals surface area contributed by atoms with E-state index in [1.54, 1.807) is 0 Å². The molecule has 0 aliphatic rings. The highest BCUT2D eigenvalue weighted by atomic mass is 31.0. The van der Waals surface area contributed by atoms with Gasteiger partial charge in [-0.25, -0.2) is 0 Å². The highest BCUT2D eigenvalue weighted by Crippen LogP contribution is 2.42. The Morgan fingerprint density at radius 1 is 0.388 bits per heavy atom. The fraction of sp³-hybridized carbons (Fsp3) is 0.106. The van der Waals surface area contributed by atoms with E-state index in [0.717, 1.165) is 6.42 Å². The fourth-order valence-electron chi connectivity index (χ4n) is 7.55. The van der Waals surface area contributed by atoms with Gasteiger partial charge in [0, 0.05) is 6.42 Å². The van der Waals surface area contributed by atoms with Crippen molar-refractivity contribution in [2.45, 2.75) is 32.3 Å². The zero-order valence-corrected chi connectivity index (χ0v) is 30.4. The van der Waals surface area contributed by atoms with Crippen LogP contribution in [0, 0.1) is 20.8 Å². The standard InChI is InChI=1S/C24H20B.C23H25P/c1-5-13-21(14-6-1)25(22-15-7-2-8-16-22,23-17-9-3-10-18-23)24-19-11-4-12-20-24;1-17-7-4-10-20(13-17)16-23(24,21-11-5-8-18(2)14-21)22-12-6-9-19(3)15-22/h1-20H;4-15H,16,24H2,1-3H3/q-1;/p+1. The summed E-state index contributed by atoms with van der Waals surface area (Å²) in [7, 11) is 2.11. The molecule has 0 aromatic heterocycles. The van der Waals surface area contributed by atoms with Crippen molar-refractivity contribution in [1.29, 1.82) is 0 Å². The van der Waals surface area contributed by atoms with Crippen LogP contribution in [0.4, 0.5) is 0 Å². The lowest BCUT2D eigenvalue weighted by Crippen LogP contribution is -2.74. The number of hydrogen-bond acceptors (Lipinski definition) is 0. The Balaban J connectivity index is 0.000000170. The van der Waals surface area contributed by atoms with Crippen molar-refractivity contribution >= 4 is 37.2 Å². The number of aryl methyl sites for hydroxylation is 3. The van der Waals surface area contributed by atoms with Gasteiger partial charge in [0.1, 0.15) is 11.3 Å². The third kappa shape index (κ3) is 7.54. The van der Waals surface area contributed by atoms with E-state index in [-0.39, 0.29) is 5.16 Å². The van der Waals surface area contributed by atoms with Crippen molar-refractivity contribution in [1.82, 2.24) is 0 Å². The molecular formula is C47H46BP. The Labute approximate surface area is 296 Å². The Morgan fingerprint density at radius 2 is 0.714 bits per heavy atom. The quantitative estimate of drug-likeness (QED) is 0.114. The van der Waals surface area contributed by atoms with Crippen molar-refractivity contribution in [2.75, 3.05) is 0 Å². The molecule has 49 heavy (non-hydrogen) atoms. The maximum Gasteiger partial charge on any atom is 0.126 e. The molecule has 1 atom stereocenters. The van der Waals surface area contributed by atoms with E-state index in [1.807, 2.05) is 0 Å². The molecule has 0 saturated carbocycles. The second kappa shape index (κ2) is 15.5. The SMILES string of the molecule is Cc1cccc(CC([PH3+])(c2cccc(C)c2)c2cccc(C)c2)c1.c1ccc([B-](c2ccccc2)(c2ccccc2)c2ccccc2)cc1. The Hall–Kier alpha value is -4.97. The average Bonchev–Trinajstić information content (AvgIpc) is 3.14. The summed E-state index contributed by atoms with van der Waals surface area (Å²) in [5.41, 5.74) is 13.5. The summed E-state index contributed by atoms with van der Waals surface area (Å²) in [5.74, 6) is 0. The van der Waals surface area contributed by atoms with Crippen LogP contribution in [0.15, 0.2) is 194 Å². The second-order valence-corrected chi connectivity index (χ2v) is 14.7. The topological polar surface area (TPSA) is 0 Å². The van der Waals surface area contributed by atoms with Crippen molar-refractivity contribution in [2.24, 2.45) is 0 Å². The van der Waals surface area contributed by atoms with Gasteiger partial charge in [0.2, 0.25) is 0 Å². The predicted molar refractivity (Wildman–Crippen MR) is 219 cm³/mol. The molecule has 0 N–H and O–H groups in total. The zero-order chi connectivity index (χ0) is 34.1. The van der Waals surface area contributed by atoms with E-state index >= 15 is 0 Å². The molecule has 0 spiro atoms. The summed E-state index contributed by atoms with van der Waals surface area (Å²) in [4.78, 5) is 0. The highest BCUT2D eigenvalue weighted by molar-refractivity contribution is 7.20. The molecule has 0 fully saturated rings. The predicted octanol–water partition coefficient (Wildman–Crippen LogP) is 8.77. The van der Waals surface area contributed by atoms with Gasteiger partial charge in [-0.2, -0.15) is 21.9 Å². The first-order chi connectivity index (χ1) is 23.9. The molecule has 0 radical (unpaired) electrons. The molecule has 7 aromatic rings. The van der Waals surface area contributed by atoms with Gasteiger partial charge in [0.25, 0.3) is 0 Å². The maximum absolute atomic E-state index is 2.34. The number of rotatable bonds is 8. The third-order valence-corrected chi connectivity index (χ3v) is 11.0. The minimum absolute atomic E-state index is 0.00810. The van der Waals surface area contributed by atoms with Gasteiger partial charge >= 0.3 is 0 Å². The van der Waals surface area contributed by atoms with Crippen LogP contribution in [0.1, 0.15) is 33.4 Å². The summed E-state index contributed by atoms with van der Waals surface area (Å²) in [5, 5.41) is -0.00810. The molecule has 242 valence electrons. The lowest BCUT2D eigenvalue weighted by atomic mass is 9.13. The van der Waals surface area contributed by atoms with Crippen LogP contribution < -0.4 is 21.9 Å². The largest absolute Gasteiger partial charge is 0.195 e. The van der Waals surface area contributed by atoms with Crippen LogP contribution in [0.25, 0.3) is 0 Å². The van der Waals surface area contributed by atoms with Crippen LogP contribution in [-0.2, 0) is 11.6 Å². The lowest BCUT2D eigenvalue weighted by Gasteiger charge is -2.44. The van der Waals surface area contributed by atoms with Crippen LogP contribution in [0.3, 0.4) is 0 Å². The molecule has 0 aliphatic carbocycles. The molecule has 7 aromatic carbocycles. The van der Waals surface area contributed by atoms with Gasteiger partial charge in [0.15, 0.2) is 0 Å². The minimum atomic E-state index is -1.22. The van der Waals surface area contributed by atoms with Gasteiger partial charge in [-0.3, -0.25) is 0 Å². The molecular weight excluding hydrogens is 606 g/mol. The first-order valence-electron chi connectivity index (χ1n) is 17.3. The smallest absolute Gasteiger partial charge is 0.126 e. The van der Waals surface area contributed by atoms with Gasteiger partial charge < -0.3 is 0 Å². The molecule has 0 amide bonds. The third-order valence-electron chi connectivity index (χ3n) is 9.93. The van der Waals surface area contributed by atoms with Crippen LogP contribution in [-0.4, -0.2) is 6.15 Å². The van der Waals surface area contributed by atoms with E-state index in [1.165, 1.54) is 55.2 Å². The van der Waals surface area contributed by atoms with Crippen molar-refractivity contribution in [3.8, 4) is 0 Å². The minimum Gasteiger partial charge on any atom is -0.195 e. The molecule has 0 aliphatic heterocycles. The molecule has 0 heterocycles. The van der Waals surface area contributed by atoms with Gasteiger partial charge in [0.05, 0.1) is 0 Å². The first-order valence-corrected chi connectivity index (χ1v) is 18.0. The Bertz CT molecular complexity index is 1860. The lowest BCUT2D eigenvalue weighted by molar-refractivity contribution is 0.733. The molecule has 0 saturated heterocycles. The van der Waals surface area contributed by atoms with E-state index in [0.29, 0.717) is 0 Å². The Kier molecular flexibility index (Phi) is 10.7. The molecule has 0 bridgehead atoms. The number of benzene rings is 7. The van der Waals surface area contributed by atoms with Gasteiger partial charge in [-0.15, -0.1) is 0 Å². The van der Waals surface area contributed by atoms with Crippen molar-refractivity contribution in [3.05, 3.63) is 228 Å². The molecule has 7 rings (SSSR count). The average molecular weight is 653 g/mol. The van der Waals surface area contributed by atoms with Crippen molar-refractivity contribution < 1.29 is 0 Å². The molecule has 1 unspecified atom stereocenters. The van der Waals surface area contributed by atoms with Crippen LogP contribution in [0.2, 0.25) is 0 Å². The summed E-state index contributed by atoms with van der Waals surface area (Å²) >= 11 is 0. The molecule has 2 heteroatoms. The van der Waals surface area contributed by atoms with Crippen LogP contribution >= 0.6 is 9.24 Å². The second-order valence-electron chi connectivity index (χ2n) is 13.5. The van der Waals surface area contributed by atoms with E-state index in [9.17, 15) is 0 Å². The summed E-state index contributed by atoms with van der Waals surface area (Å²) < 4.78 is 0. The van der Waals surface area contributed by atoms with Crippen molar-refractivity contribution in [3.63, 3.8) is 0 Å². The maximum atomic E-state index is 2.34. The van der Waals surface area contributed by atoms with E-state index < -0.39 is 6.15 Å². The zero-order valence-electron chi connectivity index (χ0n) is 29.0.